The van der Waals surface area contributed by atoms with Crippen LogP contribution in [0, 0.1) is 24.7 Å². The summed E-state index contributed by atoms with van der Waals surface area (Å²) < 4.78 is 1.14. The Bertz CT molecular complexity index is 695. The summed E-state index contributed by atoms with van der Waals surface area (Å²) in [5.74, 6) is 0.589. The van der Waals surface area contributed by atoms with Crippen LogP contribution in [0.15, 0.2) is 34.8 Å². The highest BCUT2D eigenvalue weighted by atomic mass is 79.9. The zero-order chi connectivity index (χ0) is 21.4. The van der Waals surface area contributed by atoms with E-state index in [2.05, 4.69) is 54.1 Å². The fraction of sp³-hybridized carbons (Fsp3) is 0.609. The Labute approximate surface area is 187 Å². The maximum atomic E-state index is 10.8. The summed E-state index contributed by atoms with van der Waals surface area (Å²) in [7, 11) is 0. The number of allylic oxidation sites excluding steroid dienone is 3. The molecule has 29 heavy (non-hydrogen) atoms. The first-order valence-electron chi connectivity index (χ1n) is 10.5. The molecule has 0 saturated heterocycles. The van der Waals surface area contributed by atoms with Crippen molar-refractivity contribution in [3.63, 3.8) is 0 Å². The van der Waals surface area contributed by atoms with E-state index >= 15 is 0 Å². The molecular formula is C23H34BrNO3S. The predicted molar refractivity (Wildman–Crippen MR) is 124 cm³/mol. The molecule has 0 aromatic carbocycles. The van der Waals surface area contributed by atoms with Gasteiger partial charge in [-0.05, 0) is 85.2 Å². The number of aryl methyl sites for hydroxylation is 2. The van der Waals surface area contributed by atoms with E-state index in [0.717, 1.165) is 36.6 Å². The highest BCUT2D eigenvalue weighted by molar-refractivity contribution is 9.10. The number of amides is 1. The molecule has 1 aliphatic rings. The number of rotatable bonds is 11. The lowest BCUT2D eigenvalue weighted by atomic mass is 9.86. The lowest BCUT2D eigenvalue weighted by Crippen LogP contribution is -2.18. The highest BCUT2D eigenvalue weighted by Crippen LogP contribution is 2.40. The van der Waals surface area contributed by atoms with Crippen molar-refractivity contribution in [1.82, 2.24) is 0 Å². The summed E-state index contributed by atoms with van der Waals surface area (Å²) in [5, 5.41) is 20.9. The number of carbonyl (C=O) groups is 1. The smallest absolute Gasteiger partial charge is 0.217 e. The second-order valence-corrected chi connectivity index (χ2v) is 10.4. The first-order chi connectivity index (χ1) is 13.8. The van der Waals surface area contributed by atoms with Gasteiger partial charge in [0.05, 0.1) is 12.2 Å². The van der Waals surface area contributed by atoms with Gasteiger partial charge in [0.1, 0.15) is 0 Å². The molecule has 0 spiro atoms. The number of hydrogen-bond donors (Lipinski definition) is 3. The van der Waals surface area contributed by atoms with E-state index in [-0.39, 0.29) is 23.8 Å². The number of hydrogen-bond acceptors (Lipinski definition) is 4. The summed E-state index contributed by atoms with van der Waals surface area (Å²) in [4.78, 5) is 13.3. The first kappa shape index (κ1) is 24.3. The third kappa shape index (κ3) is 8.00. The largest absolute Gasteiger partial charge is 0.393 e. The standard InChI is InChI=1S/C23H34BrNO3S/c1-15-13-22(27)20(7-5-3-4-6-8-23(25)28)19(15)12-10-17(26)9-11-18-14-21(24)16(2)29-18/h3,5,10,12,14-15,17,19-20,22,26-27H,4,6-9,11,13H2,1-2H3,(H2,25,28)/t15?,17?,19-,20+,22?/m0/s1. The van der Waals surface area contributed by atoms with Crippen LogP contribution in [0.25, 0.3) is 0 Å². The molecule has 1 heterocycles. The number of halogens is 1. The van der Waals surface area contributed by atoms with Crippen molar-refractivity contribution in [2.75, 3.05) is 0 Å². The predicted octanol–water partition coefficient (Wildman–Crippen LogP) is 4.90. The lowest BCUT2D eigenvalue weighted by Gasteiger charge is -2.20. The Balaban J connectivity index is 1.83. The molecule has 1 aliphatic carbocycles. The van der Waals surface area contributed by atoms with E-state index in [1.54, 1.807) is 11.3 Å². The van der Waals surface area contributed by atoms with E-state index in [9.17, 15) is 15.0 Å². The van der Waals surface area contributed by atoms with Crippen molar-refractivity contribution in [2.24, 2.45) is 23.5 Å². The fourth-order valence-corrected chi connectivity index (χ4v) is 5.70. The molecule has 1 saturated carbocycles. The third-order valence-electron chi connectivity index (χ3n) is 5.78. The minimum atomic E-state index is -0.467. The quantitative estimate of drug-likeness (QED) is 0.309. The molecule has 4 nitrogen and oxygen atoms in total. The normalized spacial score (nSPS) is 26.0. The van der Waals surface area contributed by atoms with Crippen LogP contribution < -0.4 is 5.73 Å². The molecule has 4 N–H and O–H groups in total. The Hall–Kier alpha value is -0.950. The minimum Gasteiger partial charge on any atom is -0.393 e. The number of thiophene rings is 1. The average Bonchev–Trinajstić information content (AvgIpc) is 3.11. The van der Waals surface area contributed by atoms with Gasteiger partial charge in [-0.2, -0.15) is 0 Å². The number of aliphatic hydroxyl groups is 2. The second kappa shape index (κ2) is 12.0. The van der Waals surface area contributed by atoms with E-state index in [1.807, 2.05) is 6.08 Å². The topological polar surface area (TPSA) is 83.6 Å². The maximum absolute atomic E-state index is 10.8. The van der Waals surface area contributed by atoms with Gasteiger partial charge in [-0.3, -0.25) is 4.79 Å². The van der Waals surface area contributed by atoms with Gasteiger partial charge in [-0.15, -0.1) is 11.3 Å². The van der Waals surface area contributed by atoms with Gasteiger partial charge in [0, 0.05) is 20.6 Å². The molecule has 5 atom stereocenters. The summed E-state index contributed by atoms with van der Waals surface area (Å²) in [6.07, 6.45) is 12.7. The monoisotopic (exact) mass is 483 g/mol. The summed E-state index contributed by atoms with van der Waals surface area (Å²) in [5.41, 5.74) is 5.15. The van der Waals surface area contributed by atoms with Crippen molar-refractivity contribution in [2.45, 2.75) is 71.0 Å². The van der Waals surface area contributed by atoms with Crippen LogP contribution >= 0.6 is 27.3 Å². The number of carbonyl (C=O) groups excluding carboxylic acids is 1. The SMILES string of the molecule is Cc1sc(CCC(O)C=C[C@H]2C(C)CC(O)[C@@H]2CC=CCCCC(N)=O)cc1Br. The Kier molecular flexibility index (Phi) is 10.1. The van der Waals surface area contributed by atoms with Crippen molar-refractivity contribution in [1.29, 1.82) is 0 Å². The van der Waals surface area contributed by atoms with E-state index < -0.39 is 6.10 Å². The van der Waals surface area contributed by atoms with Gasteiger partial charge >= 0.3 is 0 Å². The molecule has 3 unspecified atom stereocenters. The van der Waals surface area contributed by atoms with Crippen LogP contribution in [0.4, 0.5) is 0 Å². The van der Waals surface area contributed by atoms with Gasteiger partial charge in [-0.1, -0.05) is 31.2 Å². The van der Waals surface area contributed by atoms with Crippen LogP contribution in [0.5, 0.6) is 0 Å². The fourth-order valence-electron chi connectivity index (χ4n) is 4.09. The van der Waals surface area contributed by atoms with Crippen LogP contribution in [0.2, 0.25) is 0 Å². The lowest BCUT2D eigenvalue weighted by molar-refractivity contribution is -0.118. The van der Waals surface area contributed by atoms with Gasteiger partial charge < -0.3 is 15.9 Å². The van der Waals surface area contributed by atoms with Crippen molar-refractivity contribution < 1.29 is 15.0 Å². The molecular weight excluding hydrogens is 450 g/mol. The molecule has 0 aliphatic heterocycles. The summed E-state index contributed by atoms with van der Waals surface area (Å²) in [6.45, 7) is 4.26. The van der Waals surface area contributed by atoms with Crippen molar-refractivity contribution in [3.8, 4) is 0 Å². The summed E-state index contributed by atoms with van der Waals surface area (Å²) >= 11 is 5.31. The Morgan fingerprint density at radius 2 is 2.21 bits per heavy atom. The highest BCUT2D eigenvalue weighted by Gasteiger charge is 2.37. The number of unbranched alkanes of at least 4 members (excludes halogenated alkanes) is 1. The molecule has 6 heteroatoms. The van der Waals surface area contributed by atoms with E-state index in [1.165, 1.54) is 9.75 Å². The Morgan fingerprint density at radius 3 is 2.86 bits per heavy atom. The molecule has 2 rings (SSSR count). The molecule has 1 aromatic heterocycles. The second-order valence-electron chi connectivity index (χ2n) is 8.19. The van der Waals surface area contributed by atoms with Crippen LogP contribution in [-0.2, 0) is 11.2 Å². The Morgan fingerprint density at radius 1 is 1.45 bits per heavy atom. The molecule has 0 radical (unpaired) electrons. The maximum Gasteiger partial charge on any atom is 0.217 e. The third-order valence-corrected chi connectivity index (χ3v) is 7.97. The van der Waals surface area contributed by atoms with Crippen molar-refractivity contribution >= 4 is 33.2 Å². The van der Waals surface area contributed by atoms with Crippen molar-refractivity contribution in [3.05, 3.63) is 44.6 Å². The zero-order valence-electron chi connectivity index (χ0n) is 17.4. The van der Waals surface area contributed by atoms with Gasteiger partial charge in [0.15, 0.2) is 0 Å². The van der Waals surface area contributed by atoms with Crippen LogP contribution in [0.3, 0.4) is 0 Å². The molecule has 1 amide bonds. The van der Waals surface area contributed by atoms with Gasteiger partial charge in [0.2, 0.25) is 5.91 Å². The van der Waals surface area contributed by atoms with Gasteiger partial charge in [0.25, 0.3) is 0 Å². The number of primary amides is 1. The molecule has 1 aromatic rings. The first-order valence-corrected chi connectivity index (χ1v) is 12.1. The number of aliphatic hydroxyl groups excluding tert-OH is 2. The zero-order valence-corrected chi connectivity index (χ0v) is 19.8. The molecule has 1 fully saturated rings. The van der Waals surface area contributed by atoms with E-state index in [4.69, 9.17) is 5.73 Å². The van der Waals surface area contributed by atoms with Gasteiger partial charge in [-0.25, -0.2) is 0 Å². The minimum absolute atomic E-state index is 0.178. The van der Waals surface area contributed by atoms with Crippen LogP contribution in [-0.4, -0.2) is 28.3 Å². The van der Waals surface area contributed by atoms with E-state index in [0.29, 0.717) is 18.8 Å². The summed E-state index contributed by atoms with van der Waals surface area (Å²) in [6, 6.07) is 2.14. The molecule has 0 bridgehead atoms. The van der Waals surface area contributed by atoms with Crippen LogP contribution in [0.1, 0.15) is 55.2 Å². The molecule has 162 valence electrons. The average molecular weight is 485 g/mol. The number of nitrogens with two attached hydrogens (primary N) is 1.